The molecule has 1 aromatic rings. The molecule has 0 heterocycles. The zero-order chi connectivity index (χ0) is 21.8. The largest absolute Gasteiger partial charge is 0.504 e. The van der Waals surface area contributed by atoms with Gasteiger partial charge in [0.1, 0.15) is 13.2 Å². The molecule has 0 spiro atoms. The predicted octanol–water partition coefficient (Wildman–Crippen LogP) is 4.60. The first-order valence-corrected chi connectivity index (χ1v) is 12.1. The van der Waals surface area contributed by atoms with Crippen LogP contribution in [-0.2, 0) is 20.0 Å². The summed E-state index contributed by atoms with van der Waals surface area (Å²) in [5.74, 6) is -0.350. The topological polar surface area (TPSA) is 96.2 Å². The number of benzene rings is 1. The van der Waals surface area contributed by atoms with Crippen LogP contribution in [-0.4, -0.2) is 60.0 Å². The van der Waals surface area contributed by atoms with Crippen molar-refractivity contribution < 1.29 is 33.2 Å². The second kappa shape index (κ2) is 13.2. The van der Waals surface area contributed by atoms with Gasteiger partial charge in [-0.05, 0) is 43.4 Å². The zero-order valence-electron chi connectivity index (χ0n) is 18.2. The molecule has 0 saturated heterocycles. The van der Waals surface area contributed by atoms with Gasteiger partial charge in [0.15, 0.2) is 11.5 Å². The average molecular weight is 433 g/mol. The van der Waals surface area contributed by atoms with Crippen molar-refractivity contribution in [3.8, 4) is 11.5 Å². The first kappa shape index (κ1) is 25.9. The molecule has 0 aliphatic carbocycles. The highest BCUT2D eigenvalue weighted by Crippen LogP contribution is 2.43. The van der Waals surface area contributed by atoms with Crippen molar-refractivity contribution in [2.24, 2.45) is 0 Å². The molecule has 7 nitrogen and oxygen atoms in total. The summed E-state index contributed by atoms with van der Waals surface area (Å²) in [6.45, 7) is 4.13. The number of phosphoric acid groups is 1. The fourth-order valence-electron chi connectivity index (χ4n) is 3.05. The minimum Gasteiger partial charge on any atom is -0.504 e. The Kier molecular flexibility index (Phi) is 11.8. The summed E-state index contributed by atoms with van der Waals surface area (Å²) in [6.07, 6.45) is 8.55. The van der Waals surface area contributed by atoms with Crippen LogP contribution in [0.3, 0.4) is 0 Å². The van der Waals surface area contributed by atoms with Crippen molar-refractivity contribution in [2.45, 2.75) is 58.3 Å². The molecule has 0 saturated carbocycles. The van der Waals surface area contributed by atoms with Crippen LogP contribution < -0.4 is 0 Å². The van der Waals surface area contributed by atoms with E-state index < -0.39 is 7.82 Å². The van der Waals surface area contributed by atoms with Crippen molar-refractivity contribution >= 4 is 7.82 Å². The number of phosphoric ester groups is 1. The molecule has 1 unspecified atom stereocenters. The Balaban J connectivity index is 2.18. The SMILES string of the molecule is CCCCCCCC[N+](C)(C)CCOP(=O)(O)OCCCc1ccc(O)c(O)c1. The maximum absolute atomic E-state index is 12.0. The van der Waals surface area contributed by atoms with E-state index in [-0.39, 0.29) is 24.7 Å². The highest BCUT2D eigenvalue weighted by Gasteiger charge is 2.23. The first-order valence-electron chi connectivity index (χ1n) is 10.6. The number of nitrogens with zero attached hydrogens (tertiary/aromatic N) is 1. The molecular weight excluding hydrogens is 393 g/mol. The summed E-state index contributed by atoms with van der Waals surface area (Å²) in [5.41, 5.74) is 0.811. The lowest BCUT2D eigenvalue weighted by Crippen LogP contribution is -2.42. The number of hydrogen-bond acceptors (Lipinski definition) is 5. The molecule has 0 amide bonds. The highest BCUT2D eigenvalue weighted by atomic mass is 31.2. The van der Waals surface area contributed by atoms with Gasteiger partial charge in [0.05, 0.1) is 27.2 Å². The van der Waals surface area contributed by atoms with E-state index in [0.717, 1.165) is 23.0 Å². The Morgan fingerprint density at radius 2 is 1.55 bits per heavy atom. The lowest BCUT2D eigenvalue weighted by Gasteiger charge is -2.29. The maximum atomic E-state index is 12.0. The summed E-state index contributed by atoms with van der Waals surface area (Å²) < 4.78 is 22.9. The molecule has 168 valence electrons. The van der Waals surface area contributed by atoms with Gasteiger partial charge in [-0.15, -0.1) is 0 Å². The predicted molar refractivity (Wildman–Crippen MR) is 115 cm³/mol. The number of unbranched alkanes of at least 4 members (excludes halogenated alkanes) is 5. The lowest BCUT2D eigenvalue weighted by molar-refractivity contribution is -0.890. The van der Waals surface area contributed by atoms with Gasteiger partial charge in [0, 0.05) is 0 Å². The smallest absolute Gasteiger partial charge is 0.472 e. The Labute approximate surface area is 175 Å². The van der Waals surface area contributed by atoms with E-state index in [1.165, 1.54) is 44.2 Å². The van der Waals surface area contributed by atoms with E-state index in [1.54, 1.807) is 6.07 Å². The Morgan fingerprint density at radius 3 is 2.24 bits per heavy atom. The first-order chi connectivity index (χ1) is 13.7. The number of rotatable bonds is 16. The monoisotopic (exact) mass is 432 g/mol. The molecule has 0 fully saturated rings. The van der Waals surface area contributed by atoms with Crippen LogP contribution in [0.5, 0.6) is 11.5 Å². The van der Waals surface area contributed by atoms with Crippen LogP contribution >= 0.6 is 7.82 Å². The number of quaternary nitrogens is 1. The summed E-state index contributed by atoms with van der Waals surface area (Å²) in [7, 11) is 0.145. The third-order valence-electron chi connectivity index (χ3n) is 4.97. The summed E-state index contributed by atoms with van der Waals surface area (Å²) >= 11 is 0. The van der Waals surface area contributed by atoms with Crippen molar-refractivity contribution in [2.75, 3.05) is 40.4 Å². The fraction of sp³-hybridized carbons (Fsp3) is 0.714. The van der Waals surface area contributed by atoms with E-state index >= 15 is 0 Å². The molecule has 29 heavy (non-hydrogen) atoms. The Morgan fingerprint density at radius 1 is 0.897 bits per heavy atom. The Hall–Kier alpha value is -1.11. The number of phenolic OH excluding ortho intramolecular Hbond substituents is 2. The maximum Gasteiger partial charge on any atom is 0.472 e. The van der Waals surface area contributed by atoms with E-state index in [2.05, 4.69) is 21.0 Å². The van der Waals surface area contributed by atoms with Gasteiger partial charge < -0.3 is 19.6 Å². The van der Waals surface area contributed by atoms with Gasteiger partial charge >= 0.3 is 7.82 Å². The van der Waals surface area contributed by atoms with E-state index in [1.807, 2.05) is 0 Å². The second-order valence-electron chi connectivity index (χ2n) is 8.21. The number of aromatic hydroxyl groups is 2. The second-order valence-corrected chi connectivity index (χ2v) is 9.67. The molecule has 0 aromatic heterocycles. The third kappa shape index (κ3) is 12.2. The third-order valence-corrected chi connectivity index (χ3v) is 5.99. The molecule has 1 aromatic carbocycles. The van der Waals surface area contributed by atoms with Crippen LogP contribution in [0.4, 0.5) is 0 Å². The van der Waals surface area contributed by atoms with Crippen molar-refractivity contribution in [1.82, 2.24) is 0 Å². The van der Waals surface area contributed by atoms with Crippen LogP contribution in [0, 0.1) is 0 Å². The minimum atomic E-state index is -4.06. The highest BCUT2D eigenvalue weighted by molar-refractivity contribution is 7.47. The van der Waals surface area contributed by atoms with Crippen molar-refractivity contribution in [1.29, 1.82) is 0 Å². The molecule has 3 N–H and O–H groups in total. The summed E-state index contributed by atoms with van der Waals surface area (Å²) in [5, 5.41) is 18.8. The molecule has 0 aliphatic heterocycles. The van der Waals surface area contributed by atoms with Crippen molar-refractivity contribution in [3.05, 3.63) is 23.8 Å². The van der Waals surface area contributed by atoms with Crippen LogP contribution in [0.25, 0.3) is 0 Å². The molecule has 0 aliphatic rings. The molecular formula is C21H39NO6P+. The van der Waals surface area contributed by atoms with Crippen molar-refractivity contribution in [3.63, 3.8) is 0 Å². The van der Waals surface area contributed by atoms with Crippen LogP contribution in [0.1, 0.15) is 57.4 Å². The number of hydrogen-bond donors (Lipinski definition) is 3. The molecule has 1 atom stereocenters. The van der Waals surface area contributed by atoms with E-state index in [9.17, 15) is 19.7 Å². The fourth-order valence-corrected chi connectivity index (χ4v) is 3.80. The quantitative estimate of drug-likeness (QED) is 0.153. The van der Waals surface area contributed by atoms with Crippen LogP contribution in [0.2, 0.25) is 0 Å². The van der Waals surface area contributed by atoms with E-state index in [4.69, 9.17) is 9.05 Å². The van der Waals surface area contributed by atoms with Gasteiger partial charge in [0.2, 0.25) is 0 Å². The minimum absolute atomic E-state index is 0.0748. The van der Waals surface area contributed by atoms with Gasteiger partial charge in [-0.25, -0.2) is 4.57 Å². The van der Waals surface area contributed by atoms with Gasteiger partial charge in [-0.2, -0.15) is 0 Å². The lowest BCUT2D eigenvalue weighted by atomic mass is 10.1. The van der Waals surface area contributed by atoms with Gasteiger partial charge in [-0.1, -0.05) is 38.7 Å². The number of phenols is 2. The number of likely N-dealkylation sites (N-methyl/N-ethyl adjacent to an activating group) is 1. The number of aryl methyl sites for hydroxylation is 1. The molecule has 0 radical (unpaired) electrons. The normalized spacial score (nSPS) is 14.1. The molecule has 8 heteroatoms. The average Bonchev–Trinajstić information content (AvgIpc) is 2.64. The summed E-state index contributed by atoms with van der Waals surface area (Å²) in [4.78, 5) is 9.82. The Bertz CT molecular complexity index is 638. The molecule has 0 bridgehead atoms. The van der Waals surface area contributed by atoms with Crippen LogP contribution in [0.15, 0.2) is 18.2 Å². The standard InChI is InChI=1S/C21H38NO6P/c1-4-5-6-7-8-9-14-22(2,3)15-17-28-29(25,26)27-16-10-11-19-12-13-20(23)21(24)18-19/h12-13,18H,4-11,14-17H2,1-3H3,(H2-,23,24,25,26)/p+1. The molecule has 1 rings (SSSR count). The van der Waals surface area contributed by atoms with Gasteiger partial charge in [0.25, 0.3) is 0 Å². The van der Waals surface area contributed by atoms with Gasteiger partial charge in [-0.3, -0.25) is 9.05 Å². The van der Waals surface area contributed by atoms with E-state index in [0.29, 0.717) is 19.4 Å². The zero-order valence-corrected chi connectivity index (χ0v) is 19.1. The summed E-state index contributed by atoms with van der Waals surface area (Å²) in [6, 6.07) is 4.57.